The lowest BCUT2D eigenvalue weighted by molar-refractivity contribution is 0.0913. The fraction of sp³-hybridized carbons (Fsp3) is 0.783. The summed E-state index contributed by atoms with van der Waals surface area (Å²) in [5.41, 5.74) is 1.45. The summed E-state index contributed by atoms with van der Waals surface area (Å²) in [7, 11) is 2.23. The zero-order valence-corrected chi connectivity index (χ0v) is 18.2. The number of nitrogens with zero attached hydrogens (tertiary/aromatic N) is 2. The van der Waals surface area contributed by atoms with Crippen molar-refractivity contribution in [2.24, 2.45) is 0 Å². The van der Waals surface area contributed by atoms with Gasteiger partial charge in [-0.05, 0) is 37.7 Å². The number of carbonyl (C=O) groups excluding carboxylic acids is 1. The Morgan fingerprint density at radius 1 is 1.00 bits per heavy atom. The molecule has 28 heavy (non-hydrogen) atoms. The summed E-state index contributed by atoms with van der Waals surface area (Å²) < 4.78 is 0. The van der Waals surface area contributed by atoms with Crippen molar-refractivity contribution in [2.75, 3.05) is 0 Å². The second-order valence-corrected chi connectivity index (χ2v) is 9.66. The molecular formula is C23H38BN3O. The van der Waals surface area contributed by atoms with E-state index in [1.807, 2.05) is 6.07 Å². The van der Waals surface area contributed by atoms with Crippen LogP contribution in [0.2, 0.25) is 0 Å². The van der Waals surface area contributed by atoms with E-state index < -0.39 is 0 Å². The zero-order chi connectivity index (χ0) is 20.0. The molecule has 1 heterocycles. The Labute approximate surface area is 172 Å². The average molecular weight is 383 g/mol. The van der Waals surface area contributed by atoms with E-state index in [-0.39, 0.29) is 11.3 Å². The van der Waals surface area contributed by atoms with Gasteiger partial charge in [-0.25, -0.2) is 9.97 Å². The first-order valence-corrected chi connectivity index (χ1v) is 11.7. The predicted octanol–water partition coefficient (Wildman–Crippen LogP) is 4.84. The highest BCUT2D eigenvalue weighted by Crippen LogP contribution is 2.33. The van der Waals surface area contributed by atoms with Gasteiger partial charge in [0.25, 0.3) is 5.91 Å². The number of amides is 1. The van der Waals surface area contributed by atoms with E-state index in [1.165, 1.54) is 57.8 Å². The van der Waals surface area contributed by atoms with Gasteiger partial charge in [-0.1, -0.05) is 71.6 Å². The summed E-state index contributed by atoms with van der Waals surface area (Å²) in [5, 5.41) is 3.38. The second-order valence-electron chi connectivity index (χ2n) is 9.66. The first-order valence-electron chi connectivity index (χ1n) is 11.7. The topological polar surface area (TPSA) is 54.9 Å². The Bertz CT molecular complexity index is 645. The van der Waals surface area contributed by atoms with Crippen LogP contribution in [0.1, 0.15) is 131 Å². The first-order chi connectivity index (χ1) is 13.5. The van der Waals surface area contributed by atoms with Crippen molar-refractivity contribution in [1.29, 1.82) is 0 Å². The van der Waals surface area contributed by atoms with Gasteiger partial charge in [0.15, 0.2) is 0 Å². The summed E-state index contributed by atoms with van der Waals surface area (Å²) >= 11 is 0. The monoisotopic (exact) mass is 383 g/mol. The Morgan fingerprint density at radius 3 is 2.14 bits per heavy atom. The van der Waals surface area contributed by atoms with E-state index in [2.05, 4.69) is 27.0 Å². The zero-order valence-electron chi connectivity index (χ0n) is 18.2. The highest BCUT2D eigenvalue weighted by Gasteiger charge is 2.28. The highest BCUT2D eigenvalue weighted by molar-refractivity contribution is 6.17. The molecule has 0 aliphatic heterocycles. The van der Waals surface area contributed by atoms with Crippen LogP contribution in [-0.4, -0.2) is 29.2 Å². The van der Waals surface area contributed by atoms with Crippen molar-refractivity contribution in [3.05, 3.63) is 23.3 Å². The molecule has 0 atom stereocenters. The van der Waals surface area contributed by atoms with Crippen LogP contribution in [0.15, 0.2) is 6.07 Å². The minimum atomic E-state index is -0.120. The minimum Gasteiger partial charge on any atom is -0.353 e. The Morgan fingerprint density at radius 2 is 1.57 bits per heavy atom. The third-order valence-corrected chi connectivity index (χ3v) is 6.68. The van der Waals surface area contributed by atoms with Crippen LogP contribution in [0.3, 0.4) is 0 Å². The standard InChI is InChI=1S/C23H38BN3O/c1-17(2)19-16-20(26-21(25-19)18-12-8-9-13-18)22(28)27-23(24)14-10-6-4-3-5-7-11-15-23/h16-18H,3-15,24H2,1-2H3,(H,27,28). The van der Waals surface area contributed by atoms with Gasteiger partial charge in [0.2, 0.25) is 0 Å². The maximum Gasteiger partial charge on any atom is 0.269 e. The van der Waals surface area contributed by atoms with Gasteiger partial charge in [0.05, 0.1) is 0 Å². The Hall–Kier alpha value is -1.39. The van der Waals surface area contributed by atoms with E-state index in [4.69, 9.17) is 9.97 Å². The van der Waals surface area contributed by atoms with E-state index >= 15 is 0 Å². The molecule has 2 aliphatic rings. The Kier molecular flexibility index (Phi) is 7.53. The predicted molar refractivity (Wildman–Crippen MR) is 118 cm³/mol. The first kappa shape index (κ1) is 21.3. The van der Waals surface area contributed by atoms with Gasteiger partial charge in [-0.2, -0.15) is 0 Å². The van der Waals surface area contributed by atoms with Crippen LogP contribution in [0.5, 0.6) is 0 Å². The largest absolute Gasteiger partial charge is 0.353 e. The fourth-order valence-electron chi connectivity index (χ4n) is 4.77. The van der Waals surface area contributed by atoms with Crippen molar-refractivity contribution in [3.8, 4) is 0 Å². The van der Waals surface area contributed by atoms with E-state index in [1.54, 1.807) is 0 Å². The number of rotatable bonds is 4. The van der Waals surface area contributed by atoms with E-state index in [0.29, 0.717) is 17.5 Å². The molecule has 0 saturated heterocycles. The van der Waals surface area contributed by atoms with Gasteiger partial charge < -0.3 is 5.32 Å². The lowest BCUT2D eigenvalue weighted by atomic mass is 9.69. The number of hydrogen-bond acceptors (Lipinski definition) is 3. The molecule has 4 nitrogen and oxygen atoms in total. The van der Waals surface area contributed by atoms with Crippen LogP contribution >= 0.6 is 0 Å². The average Bonchev–Trinajstić information content (AvgIpc) is 3.21. The summed E-state index contributed by atoms with van der Waals surface area (Å²) in [6.45, 7) is 4.29. The summed E-state index contributed by atoms with van der Waals surface area (Å²) in [5.74, 6) is 1.61. The van der Waals surface area contributed by atoms with Crippen molar-refractivity contribution >= 4 is 13.8 Å². The smallest absolute Gasteiger partial charge is 0.269 e. The molecule has 1 aromatic heterocycles. The summed E-state index contributed by atoms with van der Waals surface area (Å²) in [6.07, 6.45) is 15.9. The molecule has 0 aromatic carbocycles. The SMILES string of the molecule is BC1(NC(=O)c2cc(C(C)C)nc(C3CCCC3)n2)CCCCCCCCC1. The normalized spacial score (nSPS) is 21.5. The van der Waals surface area contributed by atoms with Gasteiger partial charge in [-0.3, -0.25) is 4.79 Å². The van der Waals surface area contributed by atoms with Crippen LogP contribution in [-0.2, 0) is 0 Å². The molecule has 0 unspecified atom stereocenters. The fourth-order valence-corrected chi connectivity index (χ4v) is 4.77. The number of carbonyl (C=O) groups is 1. The van der Waals surface area contributed by atoms with Crippen LogP contribution in [0, 0.1) is 0 Å². The third-order valence-electron chi connectivity index (χ3n) is 6.68. The summed E-state index contributed by atoms with van der Waals surface area (Å²) in [6, 6.07) is 1.92. The molecule has 3 rings (SSSR count). The molecule has 1 N–H and O–H groups in total. The number of hydrogen-bond donors (Lipinski definition) is 1. The van der Waals surface area contributed by atoms with Crippen LogP contribution < -0.4 is 5.32 Å². The van der Waals surface area contributed by atoms with Crippen molar-refractivity contribution in [3.63, 3.8) is 0 Å². The number of nitrogens with one attached hydrogen (secondary N) is 1. The van der Waals surface area contributed by atoms with Crippen LogP contribution in [0.4, 0.5) is 0 Å². The lowest BCUT2D eigenvalue weighted by Gasteiger charge is -2.32. The minimum absolute atomic E-state index is 0.0110. The number of aromatic nitrogens is 2. The van der Waals surface area contributed by atoms with Crippen molar-refractivity contribution < 1.29 is 4.79 Å². The van der Waals surface area contributed by atoms with Crippen LogP contribution in [0.25, 0.3) is 0 Å². The molecule has 5 heteroatoms. The molecule has 154 valence electrons. The molecule has 2 fully saturated rings. The Balaban J connectivity index is 1.77. The molecule has 1 aromatic rings. The maximum atomic E-state index is 13.2. The lowest BCUT2D eigenvalue weighted by Crippen LogP contribution is -2.49. The third kappa shape index (κ3) is 5.81. The maximum absolute atomic E-state index is 13.2. The molecule has 0 spiro atoms. The molecule has 0 bridgehead atoms. The second kappa shape index (κ2) is 9.89. The summed E-state index contributed by atoms with van der Waals surface area (Å²) in [4.78, 5) is 22.8. The van der Waals surface area contributed by atoms with E-state index in [0.717, 1.165) is 37.2 Å². The van der Waals surface area contributed by atoms with Gasteiger partial charge in [0.1, 0.15) is 19.4 Å². The molecule has 1 amide bonds. The van der Waals surface area contributed by atoms with Gasteiger partial charge in [0, 0.05) is 17.1 Å². The molecule has 2 aliphatic carbocycles. The molecule has 2 saturated carbocycles. The van der Waals surface area contributed by atoms with Gasteiger partial charge in [-0.15, -0.1) is 0 Å². The van der Waals surface area contributed by atoms with Gasteiger partial charge >= 0.3 is 0 Å². The highest BCUT2D eigenvalue weighted by atomic mass is 16.2. The van der Waals surface area contributed by atoms with E-state index in [9.17, 15) is 4.79 Å². The van der Waals surface area contributed by atoms with Crippen molar-refractivity contribution in [2.45, 2.75) is 115 Å². The molecular weight excluding hydrogens is 345 g/mol. The molecule has 0 radical (unpaired) electrons. The van der Waals surface area contributed by atoms with Crippen molar-refractivity contribution in [1.82, 2.24) is 15.3 Å². The quantitative estimate of drug-likeness (QED) is 0.757.